The molecule has 30 heavy (non-hydrogen) atoms. The molecule has 0 saturated heterocycles. The molecule has 2 atom stereocenters. The molecule has 2 aromatic rings. The van der Waals surface area contributed by atoms with Crippen molar-refractivity contribution in [2.45, 2.75) is 59.2 Å². The zero-order valence-corrected chi connectivity index (χ0v) is 18.2. The van der Waals surface area contributed by atoms with Gasteiger partial charge < -0.3 is 15.0 Å². The van der Waals surface area contributed by atoms with Crippen LogP contribution in [0.1, 0.15) is 44.7 Å². The predicted molar refractivity (Wildman–Crippen MR) is 116 cm³/mol. The van der Waals surface area contributed by atoms with Gasteiger partial charge in [-0.25, -0.2) is 4.39 Å². The topological polar surface area (TPSA) is 58.6 Å². The summed E-state index contributed by atoms with van der Waals surface area (Å²) >= 11 is 0. The maximum absolute atomic E-state index is 13.3. The van der Waals surface area contributed by atoms with E-state index in [1.165, 1.54) is 17.0 Å². The van der Waals surface area contributed by atoms with E-state index < -0.39 is 6.04 Å². The zero-order chi connectivity index (χ0) is 22.1. The van der Waals surface area contributed by atoms with Gasteiger partial charge in [-0.2, -0.15) is 0 Å². The van der Waals surface area contributed by atoms with E-state index in [-0.39, 0.29) is 36.8 Å². The van der Waals surface area contributed by atoms with Gasteiger partial charge in [0, 0.05) is 12.6 Å². The number of nitrogens with one attached hydrogen (secondary N) is 1. The molecular weight excluding hydrogens is 383 g/mol. The molecule has 0 aliphatic rings. The first-order valence-corrected chi connectivity index (χ1v) is 10.4. The van der Waals surface area contributed by atoms with Gasteiger partial charge in [-0.15, -0.1) is 0 Å². The summed E-state index contributed by atoms with van der Waals surface area (Å²) in [5, 5.41) is 2.96. The Bertz CT molecular complexity index is 821. The third-order valence-corrected chi connectivity index (χ3v) is 5.04. The predicted octanol–water partition coefficient (Wildman–Crippen LogP) is 4.24. The minimum absolute atomic E-state index is 0.0122. The van der Waals surface area contributed by atoms with Gasteiger partial charge in [0.25, 0.3) is 5.91 Å². The fourth-order valence-electron chi connectivity index (χ4n) is 3.01. The third kappa shape index (κ3) is 6.87. The van der Waals surface area contributed by atoms with Crippen molar-refractivity contribution in [3.8, 4) is 5.75 Å². The molecule has 2 aromatic carbocycles. The number of carbonyl (C=O) groups excluding carboxylic acids is 2. The van der Waals surface area contributed by atoms with E-state index in [0.29, 0.717) is 12.2 Å². The summed E-state index contributed by atoms with van der Waals surface area (Å²) in [5.41, 5.74) is 1.84. The van der Waals surface area contributed by atoms with Gasteiger partial charge in [0.2, 0.25) is 5.91 Å². The fraction of sp³-hybridized carbons (Fsp3) is 0.417. The molecule has 0 bridgehead atoms. The van der Waals surface area contributed by atoms with Crippen molar-refractivity contribution in [2.24, 2.45) is 0 Å². The average molecular weight is 415 g/mol. The highest BCUT2D eigenvalue weighted by Crippen LogP contribution is 2.16. The molecule has 0 fully saturated rings. The lowest BCUT2D eigenvalue weighted by atomic mass is 10.1. The minimum atomic E-state index is -0.641. The first kappa shape index (κ1) is 23.4. The minimum Gasteiger partial charge on any atom is -0.484 e. The first-order valence-electron chi connectivity index (χ1n) is 10.4. The Hall–Kier alpha value is -2.89. The van der Waals surface area contributed by atoms with Crippen LogP contribution < -0.4 is 10.1 Å². The number of hydrogen-bond donors (Lipinski definition) is 1. The molecule has 0 radical (unpaired) electrons. The number of hydrogen-bond acceptors (Lipinski definition) is 3. The smallest absolute Gasteiger partial charge is 0.261 e. The summed E-state index contributed by atoms with van der Waals surface area (Å²) in [7, 11) is 0. The maximum atomic E-state index is 13.3. The molecule has 6 heteroatoms. The van der Waals surface area contributed by atoms with Crippen LogP contribution in [0.5, 0.6) is 5.75 Å². The van der Waals surface area contributed by atoms with Gasteiger partial charge in [0.15, 0.2) is 6.61 Å². The van der Waals surface area contributed by atoms with Crippen molar-refractivity contribution in [1.82, 2.24) is 10.2 Å². The number of amides is 2. The standard InChI is InChI=1S/C24H31FN2O3/c1-5-18(4)26-24(29)22(6-2)27(15-19-9-11-20(25)12-10-19)23(28)16-30-21-13-7-17(3)8-14-21/h7-14,18,22H,5-6,15-16H2,1-4H3,(H,26,29)/t18-,22+/m1/s1. The van der Waals surface area contributed by atoms with Gasteiger partial charge >= 0.3 is 0 Å². The molecule has 162 valence electrons. The first-order chi connectivity index (χ1) is 14.3. The molecule has 0 saturated carbocycles. The highest BCUT2D eigenvalue weighted by molar-refractivity contribution is 5.88. The Balaban J connectivity index is 2.19. The highest BCUT2D eigenvalue weighted by atomic mass is 19.1. The second-order valence-electron chi connectivity index (χ2n) is 7.49. The van der Waals surface area contributed by atoms with E-state index in [1.807, 2.05) is 39.8 Å². The summed E-state index contributed by atoms with van der Waals surface area (Å²) in [6, 6.07) is 12.7. The molecule has 0 unspecified atom stereocenters. The van der Waals surface area contributed by atoms with E-state index in [9.17, 15) is 14.0 Å². The van der Waals surface area contributed by atoms with E-state index in [2.05, 4.69) is 5.32 Å². The van der Waals surface area contributed by atoms with E-state index in [4.69, 9.17) is 4.74 Å². The van der Waals surface area contributed by atoms with Crippen LogP contribution in [0.2, 0.25) is 0 Å². The molecule has 5 nitrogen and oxygen atoms in total. The third-order valence-electron chi connectivity index (χ3n) is 5.04. The number of aryl methyl sites for hydroxylation is 1. The molecular formula is C24H31FN2O3. The Kier molecular flexibility index (Phi) is 8.84. The molecule has 2 amide bonds. The number of ether oxygens (including phenoxy) is 1. The lowest BCUT2D eigenvalue weighted by Crippen LogP contribution is -2.51. The quantitative estimate of drug-likeness (QED) is 0.633. The van der Waals surface area contributed by atoms with Crippen molar-refractivity contribution < 1.29 is 18.7 Å². The molecule has 0 heterocycles. The van der Waals surface area contributed by atoms with E-state index in [1.54, 1.807) is 24.3 Å². The van der Waals surface area contributed by atoms with Gasteiger partial charge in [0.1, 0.15) is 17.6 Å². The van der Waals surface area contributed by atoms with Crippen LogP contribution in [0.4, 0.5) is 4.39 Å². The van der Waals surface area contributed by atoms with Crippen LogP contribution in [0.25, 0.3) is 0 Å². The van der Waals surface area contributed by atoms with Gasteiger partial charge in [-0.1, -0.05) is 43.7 Å². The Morgan fingerprint density at radius 3 is 2.23 bits per heavy atom. The Labute approximate surface area is 178 Å². The van der Waals surface area contributed by atoms with Crippen molar-refractivity contribution in [1.29, 1.82) is 0 Å². The van der Waals surface area contributed by atoms with E-state index in [0.717, 1.165) is 17.5 Å². The molecule has 0 aromatic heterocycles. The van der Waals surface area contributed by atoms with E-state index >= 15 is 0 Å². The maximum Gasteiger partial charge on any atom is 0.261 e. The summed E-state index contributed by atoms with van der Waals surface area (Å²) in [4.78, 5) is 27.4. The normalized spacial score (nSPS) is 12.7. The summed E-state index contributed by atoms with van der Waals surface area (Å²) in [5.74, 6) is -0.252. The number of halogens is 1. The lowest BCUT2D eigenvalue weighted by Gasteiger charge is -2.31. The van der Waals surface area contributed by atoms with Crippen molar-refractivity contribution in [2.75, 3.05) is 6.61 Å². The van der Waals surface area contributed by atoms with Crippen LogP contribution in [0, 0.1) is 12.7 Å². The Morgan fingerprint density at radius 2 is 1.67 bits per heavy atom. The number of nitrogens with zero attached hydrogens (tertiary/aromatic N) is 1. The number of benzene rings is 2. The molecule has 2 rings (SSSR count). The average Bonchev–Trinajstić information content (AvgIpc) is 2.74. The molecule has 0 aliphatic heterocycles. The van der Waals surface area contributed by atoms with Crippen molar-refractivity contribution in [3.05, 3.63) is 65.5 Å². The van der Waals surface area contributed by atoms with Crippen LogP contribution in [0.3, 0.4) is 0 Å². The van der Waals surface area contributed by atoms with Crippen LogP contribution in [-0.2, 0) is 16.1 Å². The van der Waals surface area contributed by atoms with Crippen LogP contribution in [0.15, 0.2) is 48.5 Å². The van der Waals surface area contributed by atoms with Crippen LogP contribution >= 0.6 is 0 Å². The van der Waals surface area contributed by atoms with Crippen LogP contribution in [-0.4, -0.2) is 35.4 Å². The summed E-state index contributed by atoms with van der Waals surface area (Å²) in [6.07, 6.45) is 1.25. The molecule has 0 spiro atoms. The van der Waals surface area contributed by atoms with Crippen molar-refractivity contribution >= 4 is 11.8 Å². The summed E-state index contributed by atoms with van der Waals surface area (Å²) in [6.45, 7) is 7.77. The molecule has 0 aliphatic carbocycles. The largest absolute Gasteiger partial charge is 0.484 e. The van der Waals surface area contributed by atoms with Gasteiger partial charge in [-0.05, 0) is 56.5 Å². The second kappa shape index (κ2) is 11.3. The summed E-state index contributed by atoms with van der Waals surface area (Å²) < 4.78 is 18.9. The second-order valence-corrected chi connectivity index (χ2v) is 7.49. The van der Waals surface area contributed by atoms with Gasteiger partial charge in [-0.3, -0.25) is 9.59 Å². The Morgan fingerprint density at radius 1 is 1.03 bits per heavy atom. The number of carbonyl (C=O) groups is 2. The van der Waals surface area contributed by atoms with Gasteiger partial charge in [0.05, 0.1) is 0 Å². The fourth-order valence-corrected chi connectivity index (χ4v) is 3.01. The zero-order valence-electron chi connectivity index (χ0n) is 18.2. The van der Waals surface area contributed by atoms with Crippen molar-refractivity contribution in [3.63, 3.8) is 0 Å². The SMILES string of the molecule is CC[C@@H](C)NC(=O)[C@H](CC)N(Cc1ccc(F)cc1)C(=O)COc1ccc(C)cc1. The number of rotatable bonds is 10. The lowest BCUT2D eigenvalue weighted by molar-refractivity contribution is -0.143. The molecule has 1 N–H and O–H groups in total. The highest BCUT2D eigenvalue weighted by Gasteiger charge is 2.29. The monoisotopic (exact) mass is 414 g/mol.